The molecule has 43 heavy (non-hydrogen) atoms. The predicted molar refractivity (Wildman–Crippen MR) is 178 cm³/mol. The van der Waals surface area contributed by atoms with Crippen LogP contribution in [0.1, 0.15) is 38.8 Å². The van der Waals surface area contributed by atoms with Crippen LogP contribution < -0.4 is 20.2 Å². The molecule has 2 amide bonds. The van der Waals surface area contributed by atoms with Crippen LogP contribution >= 0.6 is 34.8 Å². The monoisotopic (exact) mass is 645 g/mol. The Kier molecular flexibility index (Phi) is 12.0. The number of hydrogen-bond acceptors (Lipinski definition) is 6. The molecule has 0 radical (unpaired) electrons. The molecule has 8 nitrogen and oxygen atoms in total. The Morgan fingerprint density at radius 3 is 1.63 bits per heavy atom. The molecule has 1 aliphatic rings. The Morgan fingerprint density at radius 1 is 0.721 bits per heavy atom. The van der Waals surface area contributed by atoms with Crippen molar-refractivity contribution in [1.29, 1.82) is 0 Å². The van der Waals surface area contributed by atoms with Crippen molar-refractivity contribution in [2.24, 2.45) is 5.10 Å². The number of carbonyl (C=O) groups excluding carboxylic acids is 1. The van der Waals surface area contributed by atoms with Crippen LogP contribution in [0, 0.1) is 0 Å². The molecule has 0 aliphatic heterocycles. The highest BCUT2D eigenvalue weighted by Gasteiger charge is 2.29. The Hall–Kier alpha value is -3.01. The molecule has 0 fully saturated rings. The van der Waals surface area contributed by atoms with Crippen molar-refractivity contribution in [3.05, 3.63) is 74.7 Å². The summed E-state index contributed by atoms with van der Waals surface area (Å²) in [5.74, 6) is 1.08. The van der Waals surface area contributed by atoms with Crippen molar-refractivity contribution < 1.29 is 14.3 Å². The average Bonchev–Trinajstić information content (AvgIpc) is 3.28. The van der Waals surface area contributed by atoms with Crippen LogP contribution in [-0.4, -0.2) is 74.0 Å². The van der Waals surface area contributed by atoms with E-state index in [-0.39, 0.29) is 0 Å². The van der Waals surface area contributed by atoms with Gasteiger partial charge in [-0.25, -0.2) is 10.2 Å². The van der Waals surface area contributed by atoms with E-state index in [4.69, 9.17) is 44.3 Å². The highest BCUT2D eigenvalue weighted by Crippen LogP contribution is 2.45. The van der Waals surface area contributed by atoms with Gasteiger partial charge in [-0.3, -0.25) is 0 Å². The van der Waals surface area contributed by atoms with Crippen LogP contribution in [0.15, 0.2) is 53.6 Å². The van der Waals surface area contributed by atoms with Gasteiger partial charge in [0.2, 0.25) is 0 Å². The molecule has 0 bridgehead atoms. The van der Waals surface area contributed by atoms with Crippen molar-refractivity contribution in [3.8, 4) is 22.6 Å². The average molecular weight is 647 g/mol. The summed E-state index contributed by atoms with van der Waals surface area (Å²) < 4.78 is 12.2. The van der Waals surface area contributed by atoms with Gasteiger partial charge in [0.05, 0.1) is 15.8 Å². The molecule has 1 aliphatic carbocycles. The normalized spacial score (nSPS) is 11.9. The molecule has 0 atom stereocenters. The standard InChI is InChI=1S/C32H38Cl3N5O3/c1-5-39(6-2)13-15-42-29-19-25-23(17-27(29)34)24-18-28(35)30(43-16-14-40(7-3)8-4)20-26(24)31(25)37-38-32(41)36-22-11-9-21(33)10-12-22/h9-12,17-20H,5-8,13-16H2,1-4H3,(H2,36,38,41). The zero-order chi connectivity index (χ0) is 30.9. The first-order chi connectivity index (χ1) is 20.8. The lowest BCUT2D eigenvalue weighted by Crippen LogP contribution is -2.28. The molecule has 0 heterocycles. The molecule has 3 aromatic rings. The number of fused-ring (bicyclic) bond motifs is 3. The van der Waals surface area contributed by atoms with Gasteiger partial charge < -0.3 is 24.6 Å². The highest BCUT2D eigenvalue weighted by molar-refractivity contribution is 6.35. The van der Waals surface area contributed by atoms with Gasteiger partial charge in [0.1, 0.15) is 24.7 Å². The first-order valence-corrected chi connectivity index (χ1v) is 15.7. The summed E-state index contributed by atoms with van der Waals surface area (Å²) in [7, 11) is 0. The maximum absolute atomic E-state index is 12.8. The Bertz CT molecular complexity index is 1370. The summed E-state index contributed by atoms with van der Waals surface area (Å²) in [6.07, 6.45) is 0. The lowest BCUT2D eigenvalue weighted by molar-refractivity contribution is 0.223. The number of anilines is 1. The maximum Gasteiger partial charge on any atom is 0.339 e. The summed E-state index contributed by atoms with van der Waals surface area (Å²) in [4.78, 5) is 17.3. The summed E-state index contributed by atoms with van der Waals surface area (Å²) in [5.41, 5.74) is 6.97. The van der Waals surface area contributed by atoms with Gasteiger partial charge in [0.25, 0.3) is 0 Å². The maximum atomic E-state index is 12.8. The van der Waals surface area contributed by atoms with Gasteiger partial charge >= 0.3 is 6.03 Å². The largest absolute Gasteiger partial charge is 0.491 e. The number of rotatable bonds is 14. The number of nitrogens with one attached hydrogen (secondary N) is 2. The molecule has 0 saturated heterocycles. The molecule has 0 unspecified atom stereocenters. The second kappa shape index (κ2) is 15.6. The van der Waals surface area contributed by atoms with E-state index in [1.807, 2.05) is 24.3 Å². The van der Waals surface area contributed by atoms with Crippen molar-refractivity contribution >= 4 is 52.2 Å². The summed E-state index contributed by atoms with van der Waals surface area (Å²) in [6, 6.07) is 13.8. The predicted octanol–water partition coefficient (Wildman–Crippen LogP) is 7.64. The molecule has 11 heteroatoms. The lowest BCUT2D eigenvalue weighted by atomic mass is 10.1. The van der Waals surface area contributed by atoms with E-state index in [0.717, 1.165) is 61.5 Å². The summed E-state index contributed by atoms with van der Waals surface area (Å²) in [6.45, 7) is 14.8. The van der Waals surface area contributed by atoms with Crippen LogP contribution in [0.5, 0.6) is 11.5 Å². The van der Waals surface area contributed by atoms with Gasteiger partial charge in [-0.2, -0.15) is 5.10 Å². The third-order valence-electron chi connectivity index (χ3n) is 7.43. The second-order valence-corrected chi connectivity index (χ2v) is 11.2. The molecule has 0 saturated carbocycles. The minimum atomic E-state index is -0.501. The Labute approximate surface area is 268 Å². The smallest absolute Gasteiger partial charge is 0.339 e. The fourth-order valence-corrected chi connectivity index (χ4v) is 5.44. The van der Waals surface area contributed by atoms with Gasteiger partial charge in [-0.1, -0.05) is 62.5 Å². The highest BCUT2D eigenvalue weighted by atomic mass is 35.5. The molecule has 4 rings (SSSR count). The molecular formula is C32H38Cl3N5O3. The number of benzene rings is 3. The number of likely N-dealkylation sites (N-methyl/N-ethyl adjacent to an activating group) is 2. The number of ether oxygens (including phenoxy) is 2. The summed E-state index contributed by atoms with van der Waals surface area (Å²) in [5, 5.41) is 8.85. The number of amides is 2. The molecular weight excluding hydrogens is 609 g/mol. The van der Waals surface area contributed by atoms with E-state index in [1.54, 1.807) is 24.3 Å². The van der Waals surface area contributed by atoms with Crippen LogP contribution in [-0.2, 0) is 0 Å². The van der Waals surface area contributed by atoms with E-state index in [1.165, 1.54) is 0 Å². The number of urea groups is 1. The fourth-order valence-electron chi connectivity index (χ4n) is 4.88. The zero-order valence-corrected chi connectivity index (χ0v) is 27.2. The van der Waals surface area contributed by atoms with Crippen molar-refractivity contribution in [1.82, 2.24) is 15.2 Å². The van der Waals surface area contributed by atoms with Gasteiger partial charge in [0.15, 0.2) is 0 Å². The number of nitrogens with zero attached hydrogens (tertiary/aromatic N) is 3. The van der Waals surface area contributed by atoms with Crippen molar-refractivity contribution in [2.75, 3.05) is 57.8 Å². The second-order valence-electron chi connectivity index (χ2n) is 9.94. The van der Waals surface area contributed by atoms with Crippen LogP contribution in [0.25, 0.3) is 11.1 Å². The third-order valence-corrected chi connectivity index (χ3v) is 8.28. The molecule has 0 aromatic heterocycles. The van der Waals surface area contributed by atoms with E-state index in [0.29, 0.717) is 51.2 Å². The fraction of sp³-hybridized carbons (Fsp3) is 0.375. The first-order valence-electron chi connectivity index (χ1n) is 14.6. The minimum Gasteiger partial charge on any atom is -0.491 e. The van der Waals surface area contributed by atoms with Crippen LogP contribution in [0.4, 0.5) is 10.5 Å². The van der Waals surface area contributed by atoms with Gasteiger partial charge in [0, 0.05) is 34.9 Å². The van der Waals surface area contributed by atoms with Crippen LogP contribution in [0.2, 0.25) is 15.1 Å². The topological polar surface area (TPSA) is 78.4 Å². The molecule has 230 valence electrons. The quantitative estimate of drug-likeness (QED) is 0.138. The molecule has 0 spiro atoms. The van der Waals surface area contributed by atoms with Crippen LogP contribution in [0.3, 0.4) is 0 Å². The summed E-state index contributed by atoms with van der Waals surface area (Å²) >= 11 is 19.4. The first kappa shape index (κ1) is 32.9. The van der Waals surface area contributed by atoms with E-state index < -0.39 is 6.03 Å². The zero-order valence-electron chi connectivity index (χ0n) is 25.0. The van der Waals surface area contributed by atoms with E-state index in [2.05, 4.69) is 53.3 Å². The van der Waals surface area contributed by atoms with Gasteiger partial charge in [-0.15, -0.1) is 0 Å². The number of hydrogen-bond donors (Lipinski definition) is 2. The minimum absolute atomic E-state index is 0.481. The van der Waals surface area contributed by atoms with Crippen molar-refractivity contribution in [2.45, 2.75) is 27.7 Å². The number of halogens is 3. The van der Waals surface area contributed by atoms with E-state index in [9.17, 15) is 4.79 Å². The number of hydrazone groups is 1. The van der Waals surface area contributed by atoms with E-state index >= 15 is 0 Å². The van der Waals surface area contributed by atoms with Crippen molar-refractivity contribution in [3.63, 3.8) is 0 Å². The lowest BCUT2D eigenvalue weighted by Gasteiger charge is -2.18. The SMILES string of the molecule is CCN(CC)CCOc1cc2c(cc1Cl)-c1cc(Cl)c(OCCN(CC)CC)cc1C2=NNC(=O)Nc1ccc(Cl)cc1. The van der Waals surface area contributed by atoms with Gasteiger partial charge in [-0.05, 0) is 85.8 Å². The Balaban J connectivity index is 1.64. The third kappa shape index (κ3) is 8.34. The number of carbonyl (C=O) groups is 1. The molecule has 2 N–H and O–H groups in total. The Morgan fingerprint density at radius 2 is 1.19 bits per heavy atom. The molecule has 3 aromatic carbocycles.